The van der Waals surface area contributed by atoms with Crippen molar-refractivity contribution in [3.05, 3.63) is 168 Å². The van der Waals surface area contributed by atoms with Crippen LogP contribution in [0.4, 0.5) is 5.82 Å². The molecule has 0 bridgehead atoms. The molecule has 5 heterocycles. The van der Waals surface area contributed by atoms with Crippen LogP contribution in [0.25, 0.3) is 50.6 Å². The molecule has 0 amide bonds. The van der Waals surface area contributed by atoms with Gasteiger partial charge in [0.2, 0.25) is 0 Å². The molecule has 0 spiro atoms. The number of aromatic hydroxyl groups is 1. The molecule has 2 aromatic heterocycles. The first kappa shape index (κ1) is 34.6. The number of phenolic OH excluding ortho intramolecular Hbond substituents is 1. The number of imidazole rings is 1. The second kappa shape index (κ2) is 14.6. The first-order valence-electron chi connectivity index (χ1n) is 23.9. The van der Waals surface area contributed by atoms with Crippen molar-refractivity contribution in [1.82, 2.24) is 19.3 Å². The van der Waals surface area contributed by atoms with E-state index in [9.17, 15) is 7.85 Å². The monoisotopic (exact) mass is 830 g/mol. The predicted octanol–water partition coefficient (Wildman–Crippen LogP) is 11.8. The van der Waals surface area contributed by atoms with Crippen LogP contribution < -0.4 is 15.8 Å². The molecule has 312 valence electrons. The van der Waals surface area contributed by atoms with E-state index in [0.29, 0.717) is 51.5 Å². The van der Waals surface area contributed by atoms with E-state index in [1.807, 2.05) is 94.5 Å². The lowest BCUT2D eigenvalue weighted by molar-refractivity contribution is 0.345. The zero-order chi connectivity index (χ0) is 48.4. The van der Waals surface area contributed by atoms with E-state index in [4.69, 9.17) is 23.8 Å². The fourth-order valence-electron chi connectivity index (χ4n) is 8.69. The molecule has 0 aliphatic carbocycles. The van der Waals surface area contributed by atoms with E-state index in [0.717, 1.165) is 44.5 Å². The van der Waals surface area contributed by atoms with E-state index >= 15 is 0 Å². The largest absolute Gasteiger partial charge is 0.507 e. The molecule has 63 heavy (non-hydrogen) atoms. The van der Waals surface area contributed by atoms with Crippen LogP contribution in [0.2, 0.25) is 0 Å². The second-order valence-corrected chi connectivity index (χ2v) is 19.6. The Bertz CT molecular complexity index is 3330. The Morgan fingerprint density at radius 1 is 0.698 bits per heavy atom. The maximum atomic E-state index is 12.7. The van der Waals surface area contributed by atoms with Crippen molar-refractivity contribution >= 4 is 29.6 Å². The average Bonchev–Trinajstić information content (AvgIpc) is 3.68. The lowest BCUT2D eigenvalue weighted by atomic mass is 9.49. The molecule has 0 fully saturated rings. The molecule has 0 unspecified atom stereocenters. The number of nitrogens with zero attached hydrogens (tertiary/aromatic N) is 5. The molecule has 0 radical (unpaired) electrons. The van der Waals surface area contributed by atoms with Gasteiger partial charge in [-0.3, -0.25) is 9.55 Å². The summed E-state index contributed by atoms with van der Waals surface area (Å²) in [5.74, 6) is 2.70. The number of ether oxygens (including phenoxy) is 1. The molecule has 3 aliphatic heterocycles. The van der Waals surface area contributed by atoms with Crippen molar-refractivity contribution in [2.24, 2.45) is 4.99 Å². The van der Waals surface area contributed by atoms with Gasteiger partial charge in [0.15, 0.2) is 11.7 Å². The van der Waals surface area contributed by atoms with Gasteiger partial charge < -0.3 is 14.7 Å². The van der Waals surface area contributed by atoms with Crippen molar-refractivity contribution in [3.8, 4) is 62.1 Å². The normalized spacial score (nSPS) is 15.5. The van der Waals surface area contributed by atoms with Crippen LogP contribution >= 0.6 is 0 Å². The number of aromatic nitrogens is 3. The number of pyridine rings is 1. The second-order valence-electron chi connectivity index (χ2n) is 19.6. The minimum atomic E-state index is -0.581. The maximum absolute atomic E-state index is 12.7. The molecule has 3 aliphatic rings. The minimum Gasteiger partial charge on any atom is -0.507 e. The molecule has 7 nitrogen and oxygen atoms in total. The topological polar surface area (TPSA) is 75.8 Å². The van der Waals surface area contributed by atoms with Gasteiger partial charge in [-0.25, -0.2) is 9.98 Å². The molecular formula is C55H52BN5O2. The number of hydrogen-bond acceptors (Lipinski definition) is 6. The number of benzene rings is 5. The quantitative estimate of drug-likeness (QED) is 0.175. The van der Waals surface area contributed by atoms with Crippen molar-refractivity contribution < 1.29 is 16.7 Å². The number of rotatable bonds is 5. The summed E-state index contributed by atoms with van der Waals surface area (Å²) in [6.07, 6.45) is 7.56. The summed E-state index contributed by atoms with van der Waals surface area (Å²) in [6.45, 7) is 18.3. The van der Waals surface area contributed by atoms with Gasteiger partial charge in [-0.05, 0) is 110 Å². The summed E-state index contributed by atoms with van der Waals surface area (Å²) in [6, 6.07) is 28.3. The summed E-state index contributed by atoms with van der Waals surface area (Å²) in [7, 11) is 0. The standard InChI is InChI=1S/C55H52BN5O2/c1-53(2,3)38-24-25-45(40(31-38)35-19-14-11-15-20-35)60-51(41-32-39(54(4,5)6)33-42(49(41)62)55(7,8)9)59-50-52(60)58-47-21-16-22-48-61(47)56(50)43-29-37(23-26-46(43)63-48)44-30-36(27-28-57-44)34-17-12-10-13-18-34/h10-33,62H,1-9H3/i11D,14D,15D,19D,20D. The van der Waals surface area contributed by atoms with Gasteiger partial charge in [0.05, 0.1) is 29.4 Å². The lowest BCUT2D eigenvalue weighted by Crippen LogP contribution is -2.63. The summed E-state index contributed by atoms with van der Waals surface area (Å²) < 4.78 is 53.2. The highest BCUT2D eigenvalue weighted by molar-refractivity contribution is 6.87. The summed E-state index contributed by atoms with van der Waals surface area (Å²) in [4.78, 5) is 17.9. The first-order chi connectivity index (χ1) is 32.1. The fraction of sp³-hybridized carbons (Fsp3) is 0.218. The van der Waals surface area contributed by atoms with Crippen molar-refractivity contribution in [3.63, 3.8) is 0 Å². The van der Waals surface area contributed by atoms with Crippen LogP contribution in [0.5, 0.6) is 11.5 Å². The molecular weight excluding hydrogens is 773 g/mol. The molecule has 0 saturated carbocycles. The maximum Gasteiger partial charge on any atom is 0.361 e. The Hall–Kier alpha value is -6.93. The van der Waals surface area contributed by atoms with Gasteiger partial charge in [-0.2, -0.15) is 0 Å². The SMILES string of the molecule is [2H]c1c([2H])c([2H])c(-c2cc(C(C)(C)C)ccc2-n2c(-c3cc(C(C)(C)C)cc(C(C)(C)C)c3O)nc3c2N=C2C=CC=C4Oc5ccc(-c6cc(-c7ccccc7)ccn6)cc5B3N42)c([2H])c1[2H]. The van der Waals surface area contributed by atoms with Gasteiger partial charge >= 0.3 is 6.85 Å². The van der Waals surface area contributed by atoms with Crippen LogP contribution in [0.3, 0.4) is 0 Å². The van der Waals surface area contributed by atoms with Crippen LogP contribution in [-0.2, 0) is 16.2 Å². The number of phenols is 1. The molecule has 0 saturated heterocycles. The van der Waals surface area contributed by atoms with Crippen LogP contribution in [0.1, 0.15) is 85.9 Å². The minimum absolute atomic E-state index is 0.0488. The van der Waals surface area contributed by atoms with Gasteiger partial charge in [0, 0.05) is 17.3 Å². The molecule has 1 N–H and O–H groups in total. The molecule has 8 heteroatoms. The van der Waals surface area contributed by atoms with Crippen LogP contribution in [0, 0.1) is 0 Å². The van der Waals surface area contributed by atoms with Gasteiger partial charge in [0.25, 0.3) is 0 Å². The Morgan fingerprint density at radius 2 is 1.44 bits per heavy atom. The predicted molar refractivity (Wildman–Crippen MR) is 259 cm³/mol. The zero-order valence-electron chi connectivity index (χ0n) is 42.1. The van der Waals surface area contributed by atoms with E-state index < -0.39 is 30.4 Å². The number of fused-ring (bicyclic) bond motifs is 4. The summed E-state index contributed by atoms with van der Waals surface area (Å²) in [5, 5.41) is 12.7. The van der Waals surface area contributed by atoms with E-state index in [1.54, 1.807) is 0 Å². The van der Waals surface area contributed by atoms with Crippen molar-refractivity contribution in [2.45, 2.75) is 78.6 Å². The van der Waals surface area contributed by atoms with E-state index in [-0.39, 0.29) is 34.2 Å². The summed E-state index contributed by atoms with van der Waals surface area (Å²) >= 11 is 0. The first-order valence-corrected chi connectivity index (χ1v) is 21.4. The Morgan fingerprint density at radius 3 is 2.17 bits per heavy atom. The van der Waals surface area contributed by atoms with Crippen molar-refractivity contribution in [1.29, 1.82) is 0 Å². The molecule has 0 atom stereocenters. The van der Waals surface area contributed by atoms with E-state index in [1.165, 1.54) is 0 Å². The zero-order valence-corrected chi connectivity index (χ0v) is 37.1. The Kier molecular flexibility index (Phi) is 8.02. The number of aliphatic imine (C=N–C) groups is 1. The average molecular weight is 831 g/mol. The van der Waals surface area contributed by atoms with E-state index in [2.05, 4.69) is 92.6 Å². The number of hydrogen-bond donors (Lipinski definition) is 1. The van der Waals surface area contributed by atoms with Crippen molar-refractivity contribution in [2.75, 3.05) is 0 Å². The summed E-state index contributed by atoms with van der Waals surface area (Å²) in [5.41, 5.74) is 8.00. The van der Waals surface area contributed by atoms with Gasteiger partial charge in [-0.15, -0.1) is 0 Å². The third-order valence-corrected chi connectivity index (χ3v) is 12.2. The third-order valence-electron chi connectivity index (χ3n) is 12.2. The van der Waals surface area contributed by atoms with Gasteiger partial charge in [0.1, 0.15) is 23.2 Å². The molecule has 10 rings (SSSR count). The Labute approximate surface area is 378 Å². The number of allylic oxidation sites excluding steroid dienone is 2. The molecule has 7 aromatic rings. The highest BCUT2D eigenvalue weighted by Gasteiger charge is 2.47. The highest BCUT2D eigenvalue weighted by atomic mass is 16.5. The third kappa shape index (κ3) is 6.98. The van der Waals surface area contributed by atoms with Crippen LogP contribution in [-0.4, -0.2) is 37.1 Å². The highest BCUT2D eigenvalue weighted by Crippen LogP contribution is 2.46. The fourth-order valence-corrected chi connectivity index (χ4v) is 8.69. The Balaban J connectivity index is 1.31. The lowest BCUT2D eigenvalue weighted by Gasteiger charge is -2.40. The molecule has 5 aromatic carbocycles. The number of amidine groups is 1. The van der Waals surface area contributed by atoms with Gasteiger partial charge in [-0.1, -0.05) is 147 Å². The smallest absolute Gasteiger partial charge is 0.361 e. The van der Waals surface area contributed by atoms with Crippen LogP contribution in [0.15, 0.2) is 157 Å².